The molecule has 2 atom stereocenters. The highest BCUT2D eigenvalue weighted by molar-refractivity contribution is 6.30. The molecule has 0 fully saturated rings. The number of carbonyl (C=O) groups excluding carboxylic acids is 1. The van der Waals surface area contributed by atoms with Crippen LogP contribution in [0.1, 0.15) is 67.1 Å². The Morgan fingerprint density at radius 3 is 2.47 bits per heavy atom. The molecule has 3 aromatic rings. The molecule has 0 saturated carbocycles. The van der Waals surface area contributed by atoms with E-state index in [9.17, 15) is 4.79 Å². The second kappa shape index (κ2) is 8.61. The highest BCUT2D eigenvalue weighted by Crippen LogP contribution is 2.46. The molecule has 0 saturated heterocycles. The SMILES string of the molecule is CC(C)[C@@H]1CC[C@@H](C)c2c(-c3ccccc3)nn(C(=O)/C=C/c3ccc(Cl)cc3)c21. The van der Waals surface area contributed by atoms with Crippen molar-refractivity contribution in [1.82, 2.24) is 9.78 Å². The molecule has 0 bridgehead atoms. The number of rotatable bonds is 4. The molecule has 2 aromatic carbocycles. The smallest absolute Gasteiger partial charge is 0.267 e. The first-order valence-electron chi connectivity index (χ1n) is 10.6. The van der Waals surface area contributed by atoms with E-state index < -0.39 is 0 Å². The lowest BCUT2D eigenvalue weighted by Crippen LogP contribution is -2.23. The summed E-state index contributed by atoms with van der Waals surface area (Å²) < 4.78 is 1.66. The number of hydrogen-bond donors (Lipinski definition) is 0. The summed E-state index contributed by atoms with van der Waals surface area (Å²) >= 11 is 5.96. The number of allylic oxidation sites excluding steroid dienone is 1. The van der Waals surface area contributed by atoms with Crippen molar-refractivity contribution in [3.8, 4) is 11.3 Å². The Balaban J connectivity index is 1.80. The van der Waals surface area contributed by atoms with E-state index >= 15 is 0 Å². The maximum atomic E-state index is 13.3. The van der Waals surface area contributed by atoms with Gasteiger partial charge >= 0.3 is 0 Å². The second-order valence-electron chi connectivity index (χ2n) is 8.48. The van der Waals surface area contributed by atoms with Crippen molar-refractivity contribution in [1.29, 1.82) is 0 Å². The maximum absolute atomic E-state index is 13.3. The van der Waals surface area contributed by atoms with Crippen LogP contribution in [0.4, 0.5) is 0 Å². The molecule has 30 heavy (non-hydrogen) atoms. The first kappa shape index (κ1) is 20.6. The van der Waals surface area contributed by atoms with E-state index in [-0.39, 0.29) is 5.91 Å². The van der Waals surface area contributed by atoms with Gasteiger partial charge in [-0.2, -0.15) is 5.10 Å². The minimum absolute atomic E-state index is 0.108. The Hall–Kier alpha value is -2.65. The Kier molecular flexibility index (Phi) is 5.92. The lowest BCUT2D eigenvalue weighted by atomic mass is 9.75. The van der Waals surface area contributed by atoms with E-state index in [1.807, 2.05) is 48.5 Å². The summed E-state index contributed by atoms with van der Waals surface area (Å²) in [6.07, 6.45) is 5.64. The van der Waals surface area contributed by atoms with E-state index in [1.54, 1.807) is 10.8 Å². The van der Waals surface area contributed by atoms with E-state index in [4.69, 9.17) is 16.7 Å². The van der Waals surface area contributed by atoms with Crippen molar-refractivity contribution < 1.29 is 4.79 Å². The van der Waals surface area contributed by atoms with Crippen LogP contribution in [0.25, 0.3) is 17.3 Å². The standard InChI is InChI=1S/C26H27ClN2O/c1-17(2)22-15-9-18(3)24-25(20-7-5-4-6-8-20)28-29(26(22)24)23(30)16-12-19-10-13-21(27)14-11-19/h4-8,10-14,16-18,22H,9,15H2,1-3H3/b16-12+/t18-,22+/m1/s1. The fourth-order valence-electron chi connectivity index (χ4n) is 4.43. The van der Waals surface area contributed by atoms with Gasteiger partial charge in [0.1, 0.15) is 0 Å². The van der Waals surface area contributed by atoms with Gasteiger partial charge in [-0.05, 0) is 48.4 Å². The Morgan fingerprint density at radius 2 is 1.80 bits per heavy atom. The van der Waals surface area contributed by atoms with Crippen LogP contribution < -0.4 is 0 Å². The molecule has 0 spiro atoms. The first-order chi connectivity index (χ1) is 14.5. The van der Waals surface area contributed by atoms with Gasteiger partial charge in [0.15, 0.2) is 0 Å². The molecule has 0 aliphatic heterocycles. The minimum Gasteiger partial charge on any atom is -0.267 e. The third-order valence-corrected chi connectivity index (χ3v) is 6.32. The summed E-state index contributed by atoms with van der Waals surface area (Å²) in [5.41, 5.74) is 5.27. The highest BCUT2D eigenvalue weighted by atomic mass is 35.5. The summed E-state index contributed by atoms with van der Waals surface area (Å²) in [5.74, 6) is 1.05. The van der Waals surface area contributed by atoms with Crippen molar-refractivity contribution in [2.75, 3.05) is 0 Å². The van der Waals surface area contributed by atoms with Crippen LogP contribution >= 0.6 is 11.6 Å². The zero-order valence-corrected chi connectivity index (χ0v) is 18.4. The number of benzene rings is 2. The topological polar surface area (TPSA) is 34.9 Å². The molecule has 4 rings (SSSR count). The summed E-state index contributed by atoms with van der Waals surface area (Å²) in [6, 6.07) is 17.7. The third kappa shape index (κ3) is 3.99. The molecule has 0 radical (unpaired) electrons. The number of aromatic nitrogens is 2. The second-order valence-corrected chi connectivity index (χ2v) is 8.91. The first-order valence-corrected chi connectivity index (χ1v) is 11.0. The molecule has 1 aliphatic carbocycles. The fraction of sp³-hybridized carbons (Fsp3) is 0.308. The van der Waals surface area contributed by atoms with Crippen molar-refractivity contribution >= 4 is 23.6 Å². The summed E-state index contributed by atoms with van der Waals surface area (Å²) in [5, 5.41) is 5.55. The van der Waals surface area contributed by atoms with E-state index in [1.165, 1.54) is 5.56 Å². The van der Waals surface area contributed by atoms with E-state index in [0.29, 0.717) is 22.8 Å². The fourth-order valence-corrected chi connectivity index (χ4v) is 4.56. The number of fused-ring (bicyclic) bond motifs is 1. The normalized spacial score (nSPS) is 18.7. The van der Waals surface area contributed by atoms with Crippen LogP contribution in [0.2, 0.25) is 5.02 Å². The van der Waals surface area contributed by atoms with Gasteiger partial charge in [0.05, 0.1) is 11.4 Å². The van der Waals surface area contributed by atoms with Crippen molar-refractivity contribution in [3.63, 3.8) is 0 Å². The molecule has 1 aliphatic rings. The summed E-state index contributed by atoms with van der Waals surface area (Å²) in [7, 11) is 0. The molecular weight excluding hydrogens is 392 g/mol. The van der Waals surface area contributed by atoms with Crippen molar-refractivity contribution in [3.05, 3.63) is 82.5 Å². The predicted octanol–water partition coefficient (Wildman–Crippen LogP) is 7.19. The maximum Gasteiger partial charge on any atom is 0.271 e. The number of nitrogens with zero attached hydrogens (tertiary/aromatic N) is 2. The van der Waals surface area contributed by atoms with Crippen LogP contribution in [0, 0.1) is 5.92 Å². The lowest BCUT2D eigenvalue weighted by molar-refractivity contribution is 0.0947. The van der Waals surface area contributed by atoms with Crippen LogP contribution in [-0.2, 0) is 0 Å². The van der Waals surface area contributed by atoms with E-state index in [2.05, 4.69) is 32.9 Å². The van der Waals surface area contributed by atoms with Gasteiger partial charge in [0, 0.05) is 28.1 Å². The predicted molar refractivity (Wildman–Crippen MR) is 124 cm³/mol. The molecule has 1 aromatic heterocycles. The molecular formula is C26H27ClN2O. The van der Waals surface area contributed by atoms with Crippen LogP contribution in [0.3, 0.4) is 0 Å². The average molecular weight is 419 g/mol. The molecule has 1 heterocycles. The van der Waals surface area contributed by atoms with Gasteiger partial charge in [-0.25, -0.2) is 4.68 Å². The molecule has 0 amide bonds. The number of carbonyl (C=O) groups is 1. The molecule has 3 nitrogen and oxygen atoms in total. The van der Waals surface area contributed by atoms with Gasteiger partial charge in [-0.3, -0.25) is 4.79 Å². The Bertz CT molecular complexity index is 1060. The monoisotopic (exact) mass is 418 g/mol. The summed E-state index contributed by atoms with van der Waals surface area (Å²) in [6.45, 7) is 6.72. The van der Waals surface area contributed by atoms with Crippen LogP contribution in [0.5, 0.6) is 0 Å². The summed E-state index contributed by atoms with van der Waals surface area (Å²) in [4.78, 5) is 13.3. The lowest BCUT2D eigenvalue weighted by Gasteiger charge is -2.30. The van der Waals surface area contributed by atoms with E-state index in [0.717, 1.165) is 35.4 Å². The van der Waals surface area contributed by atoms with Gasteiger partial charge < -0.3 is 0 Å². The molecule has 154 valence electrons. The largest absolute Gasteiger partial charge is 0.271 e. The highest BCUT2D eigenvalue weighted by Gasteiger charge is 2.35. The Morgan fingerprint density at radius 1 is 1.10 bits per heavy atom. The van der Waals surface area contributed by atoms with Gasteiger partial charge in [-0.1, -0.05) is 74.8 Å². The molecule has 0 N–H and O–H groups in total. The quantitative estimate of drug-likeness (QED) is 0.420. The van der Waals surface area contributed by atoms with Crippen LogP contribution in [0.15, 0.2) is 60.7 Å². The number of hydrogen-bond acceptors (Lipinski definition) is 2. The van der Waals surface area contributed by atoms with Gasteiger partial charge in [0.2, 0.25) is 0 Å². The Labute approximate surface area is 183 Å². The van der Waals surface area contributed by atoms with Crippen molar-refractivity contribution in [2.24, 2.45) is 5.92 Å². The average Bonchev–Trinajstić information content (AvgIpc) is 3.15. The zero-order chi connectivity index (χ0) is 21.3. The molecule has 0 unspecified atom stereocenters. The third-order valence-electron chi connectivity index (χ3n) is 6.06. The molecule has 4 heteroatoms. The van der Waals surface area contributed by atoms with Crippen molar-refractivity contribution in [2.45, 2.75) is 45.4 Å². The zero-order valence-electron chi connectivity index (χ0n) is 17.7. The van der Waals surface area contributed by atoms with Gasteiger partial charge in [-0.15, -0.1) is 0 Å². The minimum atomic E-state index is -0.108. The van der Waals surface area contributed by atoms with Gasteiger partial charge in [0.25, 0.3) is 5.91 Å². The number of halogens is 1. The van der Waals surface area contributed by atoms with Crippen LogP contribution in [-0.4, -0.2) is 15.7 Å².